The van der Waals surface area contributed by atoms with Crippen molar-refractivity contribution in [3.05, 3.63) is 62.3 Å². The van der Waals surface area contributed by atoms with Crippen molar-refractivity contribution in [2.75, 3.05) is 13.7 Å². The summed E-state index contributed by atoms with van der Waals surface area (Å²) in [5, 5.41) is 3.16. The van der Waals surface area contributed by atoms with Crippen molar-refractivity contribution >= 4 is 31.9 Å². The van der Waals surface area contributed by atoms with Crippen molar-refractivity contribution in [1.82, 2.24) is 5.32 Å². The number of halogens is 3. The Hall–Kier alpha value is -0.910. The van der Waals surface area contributed by atoms with Crippen LogP contribution in [0.4, 0.5) is 4.39 Å². The van der Waals surface area contributed by atoms with Crippen molar-refractivity contribution in [1.29, 1.82) is 0 Å². The second kappa shape index (κ2) is 7.38. The summed E-state index contributed by atoms with van der Waals surface area (Å²) in [6, 6.07) is 10.7. The molecule has 0 spiro atoms. The summed E-state index contributed by atoms with van der Waals surface area (Å²) in [5.74, 6) is 0.543. The van der Waals surface area contributed by atoms with Gasteiger partial charge in [-0.3, -0.25) is 0 Å². The first-order valence-electron chi connectivity index (χ1n) is 6.61. The minimum atomic E-state index is -0.242. The maximum absolute atomic E-state index is 14.2. The van der Waals surface area contributed by atoms with E-state index in [4.69, 9.17) is 4.74 Å². The first-order valence-corrected chi connectivity index (χ1v) is 8.19. The predicted molar refractivity (Wildman–Crippen MR) is 90.3 cm³/mol. The van der Waals surface area contributed by atoms with Crippen LogP contribution in [0.3, 0.4) is 0 Å². The highest BCUT2D eigenvalue weighted by Crippen LogP contribution is 2.32. The normalized spacial score (nSPS) is 12.2. The van der Waals surface area contributed by atoms with E-state index in [1.165, 1.54) is 6.07 Å². The highest BCUT2D eigenvalue weighted by molar-refractivity contribution is 9.10. The molecule has 21 heavy (non-hydrogen) atoms. The average Bonchev–Trinajstić information content (AvgIpc) is 2.45. The van der Waals surface area contributed by atoms with Crippen LogP contribution >= 0.6 is 31.9 Å². The molecular formula is C16H16Br2FNO. The van der Waals surface area contributed by atoms with Crippen LogP contribution in [-0.4, -0.2) is 13.7 Å². The van der Waals surface area contributed by atoms with E-state index in [-0.39, 0.29) is 11.9 Å². The van der Waals surface area contributed by atoms with E-state index in [1.54, 1.807) is 6.07 Å². The van der Waals surface area contributed by atoms with E-state index < -0.39 is 0 Å². The molecule has 0 aromatic heterocycles. The van der Waals surface area contributed by atoms with Gasteiger partial charge in [0.05, 0.1) is 17.1 Å². The number of hydrogen-bond donors (Lipinski definition) is 1. The lowest BCUT2D eigenvalue weighted by Crippen LogP contribution is -2.19. The predicted octanol–water partition coefficient (Wildman–Crippen LogP) is 5.06. The van der Waals surface area contributed by atoms with E-state index in [0.717, 1.165) is 20.3 Å². The van der Waals surface area contributed by atoms with Gasteiger partial charge in [0, 0.05) is 10.0 Å². The van der Waals surface area contributed by atoms with Gasteiger partial charge in [0.2, 0.25) is 0 Å². The molecule has 0 heterocycles. The van der Waals surface area contributed by atoms with Crippen LogP contribution in [0.1, 0.15) is 24.1 Å². The van der Waals surface area contributed by atoms with Gasteiger partial charge in [0.25, 0.3) is 0 Å². The zero-order chi connectivity index (χ0) is 15.4. The largest absolute Gasteiger partial charge is 0.493 e. The summed E-state index contributed by atoms with van der Waals surface area (Å²) in [5.41, 5.74) is 1.57. The van der Waals surface area contributed by atoms with Crippen molar-refractivity contribution in [3.63, 3.8) is 0 Å². The maximum atomic E-state index is 14.2. The van der Waals surface area contributed by atoms with E-state index in [9.17, 15) is 4.39 Å². The molecule has 0 aliphatic carbocycles. The fourth-order valence-corrected chi connectivity index (χ4v) is 3.05. The topological polar surface area (TPSA) is 21.3 Å². The van der Waals surface area contributed by atoms with Crippen LogP contribution in [-0.2, 0) is 0 Å². The summed E-state index contributed by atoms with van der Waals surface area (Å²) in [7, 11) is 1.82. The van der Waals surface area contributed by atoms with E-state index >= 15 is 0 Å². The SMILES string of the molecule is CCOc1ccc(C(NC)c2ccc(Br)cc2F)cc1Br. The Balaban J connectivity index is 2.39. The van der Waals surface area contributed by atoms with Crippen LogP contribution in [0.2, 0.25) is 0 Å². The lowest BCUT2D eigenvalue weighted by Gasteiger charge is -2.19. The molecule has 0 aliphatic rings. The molecular weight excluding hydrogens is 401 g/mol. The molecule has 5 heteroatoms. The molecule has 0 fully saturated rings. The average molecular weight is 417 g/mol. The molecule has 2 aromatic carbocycles. The minimum Gasteiger partial charge on any atom is -0.493 e. The molecule has 0 amide bonds. The summed E-state index contributed by atoms with van der Waals surface area (Å²) >= 11 is 6.77. The number of benzene rings is 2. The smallest absolute Gasteiger partial charge is 0.133 e. The van der Waals surface area contributed by atoms with Gasteiger partial charge in [-0.05, 0) is 59.7 Å². The van der Waals surface area contributed by atoms with Crippen molar-refractivity contribution in [2.24, 2.45) is 0 Å². The van der Waals surface area contributed by atoms with Crippen LogP contribution in [0.15, 0.2) is 45.3 Å². The molecule has 1 N–H and O–H groups in total. The van der Waals surface area contributed by atoms with Gasteiger partial charge in [0.1, 0.15) is 11.6 Å². The number of rotatable bonds is 5. The standard InChI is InChI=1S/C16H16Br2FNO/c1-3-21-15-7-4-10(8-13(15)18)16(20-2)12-6-5-11(17)9-14(12)19/h4-9,16,20H,3H2,1-2H3. The van der Waals surface area contributed by atoms with Gasteiger partial charge in [0.15, 0.2) is 0 Å². The second-order valence-corrected chi connectivity index (χ2v) is 6.28. The molecule has 1 unspecified atom stereocenters. The molecule has 2 nitrogen and oxygen atoms in total. The summed E-state index contributed by atoms with van der Waals surface area (Å²) in [6.45, 7) is 2.54. The van der Waals surface area contributed by atoms with Crippen molar-refractivity contribution < 1.29 is 9.13 Å². The molecule has 0 saturated carbocycles. The second-order valence-electron chi connectivity index (χ2n) is 4.51. The van der Waals surface area contributed by atoms with Gasteiger partial charge in [-0.15, -0.1) is 0 Å². The molecule has 2 aromatic rings. The molecule has 2 rings (SSSR count). The zero-order valence-electron chi connectivity index (χ0n) is 11.8. The molecule has 1 atom stereocenters. The van der Waals surface area contributed by atoms with Crippen molar-refractivity contribution in [2.45, 2.75) is 13.0 Å². The zero-order valence-corrected chi connectivity index (χ0v) is 15.0. The van der Waals surface area contributed by atoms with Gasteiger partial charge >= 0.3 is 0 Å². The number of ether oxygens (including phenoxy) is 1. The quantitative estimate of drug-likeness (QED) is 0.735. The first-order chi connectivity index (χ1) is 10.1. The molecule has 0 radical (unpaired) electrons. The summed E-state index contributed by atoms with van der Waals surface area (Å²) in [4.78, 5) is 0. The third-order valence-electron chi connectivity index (χ3n) is 3.15. The van der Waals surface area contributed by atoms with Crippen molar-refractivity contribution in [3.8, 4) is 5.75 Å². The van der Waals surface area contributed by atoms with Gasteiger partial charge in [-0.1, -0.05) is 28.1 Å². The Morgan fingerprint density at radius 3 is 2.52 bits per heavy atom. The fourth-order valence-electron chi connectivity index (χ4n) is 2.21. The first kappa shape index (κ1) is 16.5. The van der Waals surface area contributed by atoms with Crippen LogP contribution < -0.4 is 10.1 Å². The Morgan fingerprint density at radius 2 is 1.95 bits per heavy atom. The van der Waals surface area contributed by atoms with Crippen LogP contribution in [0.25, 0.3) is 0 Å². The third kappa shape index (κ3) is 3.84. The Labute approximate surface area is 141 Å². The molecule has 0 saturated heterocycles. The summed E-state index contributed by atoms with van der Waals surface area (Å²) < 4.78 is 21.3. The number of nitrogens with one attached hydrogen (secondary N) is 1. The maximum Gasteiger partial charge on any atom is 0.133 e. The third-order valence-corrected chi connectivity index (χ3v) is 4.26. The molecule has 0 bridgehead atoms. The van der Waals surface area contributed by atoms with Gasteiger partial charge < -0.3 is 10.1 Å². The Bertz CT molecular complexity index is 634. The van der Waals surface area contributed by atoms with E-state index in [2.05, 4.69) is 37.2 Å². The van der Waals surface area contributed by atoms with E-state index in [0.29, 0.717) is 12.2 Å². The Kier molecular flexibility index (Phi) is 5.79. The van der Waals surface area contributed by atoms with Crippen LogP contribution in [0, 0.1) is 5.82 Å². The van der Waals surface area contributed by atoms with Crippen LogP contribution in [0.5, 0.6) is 5.75 Å². The lowest BCUT2D eigenvalue weighted by atomic mass is 9.98. The highest BCUT2D eigenvalue weighted by atomic mass is 79.9. The van der Waals surface area contributed by atoms with E-state index in [1.807, 2.05) is 38.2 Å². The Morgan fingerprint density at radius 1 is 1.19 bits per heavy atom. The lowest BCUT2D eigenvalue weighted by molar-refractivity contribution is 0.338. The minimum absolute atomic E-state index is 0.218. The molecule has 0 aliphatic heterocycles. The fraction of sp³-hybridized carbons (Fsp3) is 0.250. The molecule has 112 valence electrons. The number of hydrogen-bond acceptors (Lipinski definition) is 2. The highest BCUT2D eigenvalue weighted by Gasteiger charge is 2.17. The van der Waals surface area contributed by atoms with Gasteiger partial charge in [-0.25, -0.2) is 4.39 Å². The van der Waals surface area contributed by atoms with Gasteiger partial charge in [-0.2, -0.15) is 0 Å². The monoisotopic (exact) mass is 415 g/mol. The summed E-state index contributed by atoms with van der Waals surface area (Å²) in [6.07, 6.45) is 0.